The average molecular weight is 160 g/mol. The highest BCUT2D eigenvalue weighted by molar-refractivity contribution is 5.83. The van der Waals surface area contributed by atoms with Crippen LogP contribution < -0.4 is 5.73 Å². The molecule has 0 spiro atoms. The Bertz CT molecular complexity index is 387. The van der Waals surface area contributed by atoms with Gasteiger partial charge >= 0.3 is 0 Å². The van der Waals surface area contributed by atoms with Gasteiger partial charge in [-0.05, 0) is 18.6 Å². The zero-order valence-corrected chi connectivity index (χ0v) is 7.04. The normalized spacial score (nSPS) is 13.5. The molecule has 2 rings (SSSR count). The lowest BCUT2D eigenvalue weighted by Gasteiger charge is -2.01. The van der Waals surface area contributed by atoms with E-state index in [1.165, 1.54) is 10.9 Å². The number of nitrogens with two attached hydrogens (primary N) is 1. The number of aromatic nitrogens is 1. The Morgan fingerprint density at radius 2 is 2.08 bits per heavy atom. The van der Waals surface area contributed by atoms with E-state index in [-0.39, 0.29) is 6.04 Å². The second-order valence-electron chi connectivity index (χ2n) is 3.08. The van der Waals surface area contributed by atoms with Gasteiger partial charge in [-0.25, -0.2) is 0 Å². The molecule has 1 aromatic heterocycles. The number of hydrogen-bond donors (Lipinski definition) is 2. The van der Waals surface area contributed by atoms with Crippen molar-refractivity contribution in [3.63, 3.8) is 0 Å². The molecule has 0 aliphatic heterocycles. The fourth-order valence-electron chi connectivity index (χ4n) is 1.47. The molecule has 2 aromatic rings. The number of para-hydroxylation sites is 1. The fourth-order valence-corrected chi connectivity index (χ4v) is 1.47. The molecule has 2 heteroatoms. The van der Waals surface area contributed by atoms with Gasteiger partial charge in [-0.3, -0.25) is 0 Å². The van der Waals surface area contributed by atoms with Gasteiger partial charge < -0.3 is 10.7 Å². The zero-order chi connectivity index (χ0) is 8.55. The standard InChI is InChI=1S/C10H12N2/c1-7(11)9-6-12-10-5-3-2-4-8(9)10/h2-7,12H,11H2,1H3/t7-/m1/s1. The third-order valence-corrected chi connectivity index (χ3v) is 2.11. The van der Waals surface area contributed by atoms with E-state index in [1.807, 2.05) is 25.3 Å². The molecule has 0 aliphatic rings. The molecule has 0 bridgehead atoms. The van der Waals surface area contributed by atoms with Gasteiger partial charge in [0.1, 0.15) is 0 Å². The lowest BCUT2D eigenvalue weighted by Crippen LogP contribution is -2.03. The summed E-state index contributed by atoms with van der Waals surface area (Å²) in [7, 11) is 0. The maximum atomic E-state index is 5.80. The molecule has 1 heterocycles. The Balaban J connectivity index is 2.70. The summed E-state index contributed by atoms with van der Waals surface area (Å²) in [6.07, 6.45) is 1.98. The summed E-state index contributed by atoms with van der Waals surface area (Å²) in [5.74, 6) is 0. The molecule has 0 fully saturated rings. The average Bonchev–Trinajstić information content (AvgIpc) is 2.47. The minimum Gasteiger partial charge on any atom is -0.361 e. The van der Waals surface area contributed by atoms with E-state index in [2.05, 4.69) is 17.1 Å². The second kappa shape index (κ2) is 2.64. The summed E-state index contributed by atoms with van der Waals surface area (Å²) >= 11 is 0. The van der Waals surface area contributed by atoms with Crippen molar-refractivity contribution in [2.75, 3.05) is 0 Å². The number of hydrogen-bond acceptors (Lipinski definition) is 1. The number of rotatable bonds is 1. The molecule has 1 aromatic carbocycles. The van der Waals surface area contributed by atoms with Gasteiger partial charge in [-0.15, -0.1) is 0 Å². The minimum atomic E-state index is 0.0983. The smallest absolute Gasteiger partial charge is 0.0457 e. The third-order valence-electron chi connectivity index (χ3n) is 2.11. The van der Waals surface area contributed by atoms with Crippen LogP contribution >= 0.6 is 0 Å². The molecule has 0 radical (unpaired) electrons. The third kappa shape index (κ3) is 1.01. The van der Waals surface area contributed by atoms with Gasteiger partial charge in [0.05, 0.1) is 0 Å². The first-order valence-electron chi connectivity index (χ1n) is 4.10. The molecular formula is C10H12N2. The van der Waals surface area contributed by atoms with Crippen LogP contribution in [0.4, 0.5) is 0 Å². The van der Waals surface area contributed by atoms with Crippen molar-refractivity contribution in [1.29, 1.82) is 0 Å². The lowest BCUT2D eigenvalue weighted by atomic mass is 10.1. The summed E-state index contributed by atoms with van der Waals surface area (Å²) in [6, 6.07) is 8.29. The number of aromatic amines is 1. The van der Waals surface area contributed by atoms with E-state index in [4.69, 9.17) is 5.73 Å². The van der Waals surface area contributed by atoms with Gasteiger partial charge in [0.25, 0.3) is 0 Å². The summed E-state index contributed by atoms with van der Waals surface area (Å²) in [5, 5.41) is 1.23. The molecule has 0 aliphatic carbocycles. The van der Waals surface area contributed by atoms with Gasteiger partial charge in [-0.1, -0.05) is 18.2 Å². The Labute approximate surface area is 71.4 Å². The topological polar surface area (TPSA) is 41.8 Å². The number of fused-ring (bicyclic) bond motifs is 1. The fraction of sp³-hybridized carbons (Fsp3) is 0.200. The Morgan fingerprint density at radius 1 is 1.33 bits per heavy atom. The maximum Gasteiger partial charge on any atom is 0.0457 e. The second-order valence-corrected chi connectivity index (χ2v) is 3.08. The number of H-pyrrole nitrogens is 1. The van der Waals surface area contributed by atoms with Crippen LogP contribution in [0, 0.1) is 0 Å². The first-order valence-corrected chi connectivity index (χ1v) is 4.10. The quantitative estimate of drug-likeness (QED) is 0.659. The van der Waals surface area contributed by atoms with E-state index in [0.29, 0.717) is 0 Å². The SMILES string of the molecule is C[C@@H](N)c1c[nH]c2ccccc12. The van der Waals surface area contributed by atoms with Crippen molar-refractivity contribution in [1.82, 2.24) is 4.98 Å². The molecule has 12 heavy (non-hydrogen) atoms. The lowest BCUT2D eigenvalue weighted by molar-refractivity contribution is 0.826. The highest BCUT2D eigenvalue weighted by Crippen LogP contribution is 2.21. The molecular weight excluding hydrogens is 148 g/mol. The van der Waals surface area contributed by atoms with Gasteiger partial charge in [-0.2, -0.15) is 0 Å². The van der Waals surface area contributed by atoms with Crippen LogP contribution in [-0.2, 0) is 0 Å². The predicted octanol–water partition coefficient (Wildman–Crippen LogP) is 2.19. The summed E-state index contributed by atoms with van der Waals surface area (Å²) in [6.45, 7) is 2.00. The minimum absolute atomic E-state index is 0.0983. The van der Waals surface area contributed by atoms with E-state index in [1.54, 1.807) is 0 Å². The van der Waals surface area contributed by atoms with Crippen LogP contribution in [-0.4, -0.2) is 4.98 Å². The Hall–Kier alpha value is -1.28. The van der Waals surface area contributed by atoms with Crippen molar-refractivity contribution in [2.24, 2.45) is 5.73 Å². The van der Waals surface area contributed by atoms with Crippen molar-refractivity contribution in [2.45, 2.75) is 13.0 Å². The largest absolute Gasteiger partial charge is 0.361 e. The number of benzene rings is 1. The van der Waals surface area contributed by atoms with E-state index < -0.39 is 0 Å². The highest BCUT2D eigenvalue weighted by atomic mass is 14.7. The van der Waals surface area contributed by atoms with Crippen LogP contribution in [0.15, 0.2) is 30.5 Å². The molecule has 0 amide bonds. The van der Waals surface area contributed by atoms with Crippen LogP contribution in [0.25, 0.3) is 10.9 Å². The first-order chi connectivity index (χ1) is 5.79. The Kier molecular flexibility index (Phi) is 1.62. The number of nitrogens with one attached hydrogen (secondary N) is 1. The molecule has 1 atom stereocenters. The van der Waals surface area contributed by atoms with Crippen molar-refractivity contribution in [3.8, 4) is 0 Å². The van der Waals surface area contributed by atoms with Crippen LogP contribution in [0.2, 0.25) is 0 Å². The molecule has 3 N–H and O–H groups in total. The van der Waals surface area contributed by atoms with Crippen molar-refractivity contribution < 1.29 is 0 Å². The summed E-state index contributed by atoms with van der Waals surface area (Å²) in [5.41, 5.74) is 8.15. The predicted molar refractivity (Wildman–Crippen MR) is 50.9 cm³/mol. The molecule has 0 unspecified atom stereocenters. The molecule has 0 saturated carbocycles. The Morgan fingerprint density at radius 3 is 2.83 bits per heavy atom. The van der Waals surface area contributed by atoms with Gasteiger partial charge in [0.15, 0.2) is 0 Å². The van der Waals surface area contributed by atoms with Crippen molar-refractivity contribution >= 4 is 10.9 Å². The van der Waals surface area contributed by atoms with Crippen LogP contribution in [0.3, 0.4) is 0 Å². The van der Waals surface area contributed by atoms with Gasteiger partial charge in [0.2, 0.25) is 0 Å². The van der Waals surface area contributed by atoms with E-state index in [9.17, 15) is 0 Å². The van der Waals surface area contributed by atoms with Crippen molar-refractivity contribution in [3.05, 3.63) is 36.0 Å². The maximum absolute atomic E-state index is 5.80. The zero-order valence-electron chi connectivity index (χ0n) is 7.04. The highest BCUT2D eigenvalue weighted by Gasteiger charge is 2.05. The summed E-state index contributed by atoms with van der Waals surface area (Å²) < 4.78 is 0. The van der Waals surface area contributed by atoms with E-state index >= 15 is 0 Å². The van der Waals surface area contributed by atoms with Crippen LogP contribution in [0.1, 0.15) is 18.5 Å². The molecule has 0 saturated heterocycles. The van der Waals surface area contributed by atoms with Gasteiger partial charge in [0, 0.05) is 23.1 Å². The molecule has 62 valence electrons. The monoisotopic (exact) mass is 160 g/mol. The summed E-state index contributed by atoms with van der Waals surface area (Å²) in [4.78, 5) is 3.19. The van der Waals surface area contributed by atoms with Crippen LogP contribution in [0.5, 0.6) is 0 Å². The molecule has 2 nitrogen and oxygen atoms in total. The van der Waals surface area contributed by atoms with E-state index in [0.717, 1.165) is 5.52 Å². The first kappa shape index (κ1) is 7.37.